The SMILES string of the molecule is COCCN(CCC(=N)N)Cc1ccc(OC)cc1F. The van der Waals surface area contributed by atoms with Crippen LogP contribution in [0.5, 0.6) is 5.75 Å². The number of ether oxygens (including phenoxy) is 2. The Morgan fingerprint density at radius 1 is 1.35 bits per heavy atom. The molecule has 5 nitrogen and oxygen atoms in total. The molecule has 0 atom stereocenters. The van der Waals surface area contributed by atoms with Gasteiger partial charge in [-0.05, 0) is 6.07 Å². The van der Waals surface area contributed by atoms with Crippen LogP contribution >= 0.6 is 0 Å². The van der Waals surface area contributed by atoms with Crippen LogP contribution in [0.25, 0.3) is 0 Å². The third kappa shape index (κ3) is 5.54. The second kappa shape index (κ2) is 8.50. The fourth-order valence-electron chi connectivity index (χ4n) is 1.79. The Hall–Kier alpha value is -1.66. The third-order valence-corrected chi connectivity index (χ3v) is 2.96. The summed E-state index contributed by atoms with van der Waals surface area (Å²) in [5.41, 5.74) is 5.95. The topological polar surface area (TPSA) is 71.6 Å². The van der Waals surface area contributed by atoms with Crippen LogP contribution in [-0.2, 0) is 11.3 Å². The molecule has 3 N–H and O–H groups in total. The lowest BCUT2D eigenvalue weighted by atomic mass is 10.2. The molecule has 1 aromatic rings. The van der Waals surface area contributed by atoms with Crippen LogP contribution in [-0.4, -0.2) is 44.7 Å². The molecule has 0 unspecified atom stereocenters. The summed E-state index contributed by atoms with van der Waals surface area (Å²) in [4.78, 5) is 2.01. The molecule has 0 aliphatic carbocycles. The van der Waals surface area contributed by atoms with Gasteiger partial charge in [-0.1, -0.05) is 6.07 Å². The zero-order chi connectivity index (χ0) is 15.0. The van der Waals surface area contributed by atoms with E-state index in [0.717, 1.165) is 0 Å². The van der Waals surface area contributed by atoms with Crippen molar-refractivity contribution in [3.8, 4) is 5.75 Å². The van der Waals surface area contributed by atoms with Gasteiger partial charge < -0.3 is 15.2 Å². The lowest BCUT2D eigenvalue weighted by Crippen LogP contribution is -2.30. The Kier molecular flexibility index (Phi) is 6.97. The summed E-state index contributed by atoms with van der Waals surface area (Å²) in [7, 11) is 3.13. The summed E-state index contributed by atoms with van der Waals surface area (Å²) < 4.78 is 23.9. The zero-order valence-electron chi connectivity index (χ0n) is 12.0. The molecule has 0 aliphatic heterocycles. The summed E-state index contributed by atoms with van der Waals surface area (Å²) >= 11 is 0. The Balaban J connectivity index is 2.69. The molecule has 0 aliphatic rings. The quantitative estimate of drug-likeness (QED) is 0.533. The van der Waals surface area contributed by atoms with Gasteiger partial charge >= 0.3 is 0 Å². The average Bonchev–Trinajstić information content (AvgIpc) is 2.43. The van der Waals surface area contributed by atoms with Gasteiger partial charge in [-0.2, -0.15) is 0 Å². The van der Waals surface area contributed by atoms with Crippen LogP contribution in [0.15, 0.2) is 18.2 Å². The summed E-state index contributed by atoms with van der Waals surface area (Å²) in [6.07, 6.45) is 0.460. The summed E-state index contributed by atoms with van der Waals surface area (Å²) in [6, 6.07) is 4.81. The number of methoxy groups -OCH3 is 2. The molecule has 0 radical (unpaired) electrons. The fourth-order valence-corrected chi connectivity index (χ4v) is 1.79. The van der Waals surface area contributed by atoms with E-state index in [2.05, 4.69) is 0 Å². The van der Waals surface area contributed by atoms with E-state index in [1.54, 1.807) is 19.2 Å². The minimum atomic E-state index is -0.297. The Morgan fingerprint density at radius 2 is 2.10 bits per heavy atom. The number of amidine groups is 1. The molecule has 0 saturated carbocycles. The number of rotatable bonds is 9. The molecule has 0 aromatic heterocycles. The number of halogens is 1. The highest BCUT2D eigenvalue weighted by atomic mass is 19.1. The van der Waals surface area contributed by atoms with E-state index in [0.29, 0.717) is 44.0 Å². The standard InChI is InChI=1S/C14H22FN3O2/c1-19-8-7-18(6-5-14(16)17)10-11-3-4-12(20-2)9-13(11)15/h3-4,9H,5-8,10H2,1-2H3,(H3,16,17). The lowest BCUT2D eigenvalue weighted by molar-refractivity contribution is 0.145. The minimum Gasteiger partial charge on any atom is -0.497 e. The molecule has 0 fully saturated rings. The Morgan fingerprint density at radius 3 is 2.65 bits per heavy atom. The van der Waals surface area contributed by atoms with Gasteiger partial charge in [0.15, 0.2) is 0 Å². The van der Waals surface area contributed by atoms with Gasteiger partial charge in [0.05, 0.1) is 19.6 Å². The highest BCUT2D eigenvalue weighted by molar-refractivity contribution is 5.76. The minimum absolute atomic E-state index is 0.127. The first-order chi connectivity index (χ1) is 9.56. The maximum absolute atomic E-state index is 13.9. The molecular formula is C14H22FN3O2. The number of nitrogens with one attached hydrogen (secondary N) is 1. The highest BCUT2D eigenvalue weighted by Crippen LogP contribution is 2.17. The van der Waals surface area contributed by atoms with Crippen molar-refractivity contribution in [2.45, 2.75) is 13.0 Å². The predicted molar refractivity (Wildman–Crippen MR) is 76.6 cm³/mol. The highest BCUT2D eigenvalue weighted by Gasteiger charge is 2.10. The van der Waals surface area contributed by atoms with Gasteiger partial charge in [-0.3, -0.25) is 10.3 Å². The number of nitrogens with two attached hydrogens (primary N) is 1. The van der Waals surface area contributed by atoms with Crippen LogP contribution in [0.2, 0.25) is 0 Å². The molecule has 0 bridgehead atoms. The van der Waals surface area contributed by atoms with E-state index in [4.69, 9.17) is 20.6 Å². The van der Waals surface area contributed by atoms with Gasteiger partial charge in [0.2, 0.25) is 0 Å². The van der Waals surface area contributed by atoms with Crippen molar-refractivity contribution in [2.24, 2.45) is 5.73 Å². The van der Waals surface area contributed by atoms with E-state index in [1.165, 1.54) is 13.2 Å². The van der Waals surface area contributed by atoms with Crippen LogP contribution < -0.4 is 10.5 Å². The number of nitrogens with zero attached hydrogens (tertiary/aromatic N) is 1. The monoisotopic (exact) mass is 283 g/mol. The van der Waals surface area contributed by atoms with Crippen molar-refractivity contribution in [1.29, 1.82) is 5.41 Å². The van der Waals surface area contributed by atoms with Gasteiger partial charge in [0.25, 0.3) is 0 Å². The first-order valence-corrected chi connectivity index (χ1v) is 6.43. The second-order valence-electron chi connectivity index (χ2n) is 4.50. The number of hydrogen-bond acceptors (Lipinski definition) is 4. The van der Waals surface area contributed by atoms with E-state index in [1.807, 2.05) is 4.90 Å². The Labute approximate surface area is 119 Å². The molecule has 1 aromatic carbocycles. The molecule has 0 spiro atoms. The maximum Gasteiger partial charge on any atom is 0.131 e. The fraction of sp³-hybridized carbons (Fsp3) is 0.500. The summed E-state index contributed by atoms with van der Waals surface area (Å²) in [6.45, 7) is 2.27. The van der Waals surface area contributed by atoms with Crippen molar-refractivity contribution in [2.75, 3.05) is 33.9 Å². The van der Waals surface area contributed by atoms with Gasteiger partial charge in [0.1, 0.15) is 11.6 Å². The van der Waals surface area contributed by atoms with E-state index >= 15 is 0 Å². The van der Waals surface area contributed by atoms with Crippen LogP contribution in [0.4, 0.5) is 4.39 Å². The van der Waals surface area contributed by atoms with Crippen molar-refractivity contribution in [3.05, 3.63) is 29.6 Å². The van der Waals surface area contributed by atoms with Crippen LogP contribution in [0.3, 0.4) is 0 Å². The molecule has 0 amide bonds. The van der Waals surface area contributed by atoms with E-state index in [-0.39, 0.29) is 11.7 Å². The molecule has 0 saturated heterocycles. The predicted octanol–water partition coefficient (Wildman–Crippen LogP) is 1.61. The smallest absolute Gasteiger partial charge is 0.131 e. The van der Waals surface area contributed by atoms with Gasteiger partial charge in [-0.15, -0.1) is 0 Å². The normalized spacial score (nSPS) is 10.8. The van der Waals surface area contributed by atoms with Crippen molar-refractivity contribution in [1.82, 2.24) is 4.90 Å². The van der Waals surface area contributed by atoms with Gasteiger partial charge in [0, 0.05) is 44.8 Å². The number of hydrogen-bond donors (Lipinski definition) is 2. The van der Waals surface area contributed by atoms with Crippen molar-refractivity contribution in [3.63, 3.8) is 0 Å². The molecule has 1 rings (SSSR count). The second-order valence-corrected chi connectivity index (χ2v) is 4.50. The number of benzene rings is 1. The van der Waals surface area contributed by atoms with Crippen LogP contribution in [0.1, 0.15) is 12.0 Å². The Bertz CT molecular complexity index is 440. The first kappa shape index (κ1) is 16.4. The van der Waals surface area contributed by atoms with Crippen molar-refractivity contribution >= 4 is 5.84 Å². The molecular weight excluding hydrogens is 261 g/mol. The van der Waals surface area contributed by atoms with E-state index < -0.39 is 0 Å². The largest absolute Gasteiger partial charge is 0.497 e. The molecule has 112 valence electrons. The third-order valence-electron chi connectivity index (χ3n) is 2.96. The van der Waals surface area contributed by atoms with Crippen molar-refractivity contribution < 1.29 is 13.9 Å². The van der Waals surface area contributed by atoms with Crippen LogP contribution in [0, 0.1) is 11.2 Å². The van der Waals surface area contributed by atoms with E-state index in [9.17, 15) is 4.39 Å². The summed E-state index contributed by atoms with van der Waals surface area (Å²) in [5.74, 6) is 0.329. The molecule has 6 heteroatoms. The maximum atomic E-state index is 13.9. The molecule has 0 heterocycles. The summed E-state index contributed by atoms with van der Waals surface area (Å²) in [5, 5.41) is 7.27. The first-order valence-electron chi connectivity index (χ1n) is 6.43. The molecule has 20 heavy (non-hydrogen) atoms. The lowest BCUT2D eigenvalue weighted by Gasteiger charge is -2.22. The zero-order valence-corrected chi connectivity index (χ0v) is 12.0. The average molecular weight is 283 g/mol. The van der Waals surface area contributed by atoms with Gasteiger partial charge in [-0.25, -0.2) is 4.39 Å².